The van der Waals surface area contributed by atoms with Crippen molar-refractivity contribution in [2.45, 2.75) is 12.8 Å². The molecule has 80 valence electrons. The lowest BCUT2D eigenvalue weighted by molar-refractivity contribution is -0.105. The Balaban J connectivity index is 2.14. The molecule has 1 aromatic rings. The number of allylic oxidation sites excluding steroid dienone is 4. The molecule has 0 fully saturated rings. The minimum absolute atomic E-state index is 0.359. The molecule has 2 unspecified atom stereocenters. The van der Waals surface area contributed by atoms with Crippen LogP contribution in [0.4, 0.5) is 0 Å². The van der Waals surface area contributed by atoms with Crippen molar-refractivity contribution < 1.29 is 4.79 Å². The predicted molar refractivity (Wildman–Crippen MR) is 64.8 cm³/mol. The average Bonchev–Trinajstić information content (AvgIpc) is 2.40. The van der Waals surface area contributed by atoms with E-state index in [4.69, 9.17) is 0 Å². The second kappa shape index (κ2) is 3.75. The minimum Gasteiger partial charge on any atom is -0.298 e. The topological polar surface area (TPSA) is 17.1 Å². The molecular weight excluding hydrogens is 196 g/mol. The number of hydrogen-bond donors (Lipinski definition) is 0. The van der Waals surface area contributed by atoms with Gasteiger partial charge in [-0.25, -0.2) is 0 Å². The number of carbonyl (C=O) groups excluding carboxylic acids is 1. The molecule has 0 spiro atoms. The van der Waals surface area contributed by atoms with Crippen LogP contribution in [-0.4, -0.2) is 6.29 Å². The van der Waals surface area contributed by atoms with Gasteiger partial charge in [0.15, 0.2) is 0 Å². The van der Waals surface area contributed by atoms with E-state index in [0.717, 1.165) is 18.3 Å². The van der Waals surface area contributed by atoms with E-state index in [1.165, 1.54) is 17.6 Å². The van der Waals surface area contributed by atoms with Crippen LogP contribution in [0.15, 0.2) is 48.1 Å². The van der Waals surface area contributed by atoms with Gasteiger partial charge in [0.1, 0.15) is 6.29 Å². The Labute approximate surface area is 95.5 Å². The summed E-state index contributed by atoms with van der Waals surface area (Å²) in [4.78, 5) is 11.2. The lowest BCUT2D eigenvalue weighted by atomic mass is 9.70. The highest BCUT2D eigenvalue weighted by Crippen LogP contribution is 2.44. The van der Waals surface area contributed by atoms with Gasteiger partial charge in [-0.15, -0.1) is 0 Å². The van der Waals surface area contributed by atoms with Crippen LogP contribution in [0, 0.1) is 11.8 Å². The molecule has 0 saturated carbocycles. The van der Waals surface area contributed by atoms with Crippen molar-refractivity contribution >= 4 is 11.9 Å². The average molecular weight is 210 g/mol. The zero-order chi connectivity index (χ0) is 11.0. The van der Waals surface area contributed by atoms with Gasteiger partial charge >= 0.3 is 0 Å². The van der Waals surface area contributed by atoms with E-state index in [-0.39, 0.29) is 0 Å². The maximum Gasteiger partial charge on any atom is 0.146 e. The molecule has 2 atom stereocenters. The van der Waals surface area contributed by atoms with E-state index in [9.17, 15) is 4.79 Å². The Hall–Kier alpha value is -1.63. The molecule has 16 heavy (non-hydrogen) atoms. The highest BCUT2D eigenvalue weighted by molar-refractivity contribution is 5.92. The predicted octanol–water partition coefficient (Wildman–Crippen LogP) is 3.24. The molecule has 1 heteroatoms. The molecule has 0 heterocycles. The van der Waals surface area contributed by atoms with Gasteiger partial charge in [-0.05, 0) is 24.0 Å². The molecule has 0 aromatic heterocycles. The summed E-state index contributed by atoms with van der Waals surface area (Å²) in [5.74, 6) is 0.810. The van der Waals surface area contributed by atoms with Gasteiger partial charge in [0, 0.05) is 17.4 Å². The quantitative estimate of drug-likeness (QED) is 0.541. The van der Waals surface area contributed by atoms with Gasteiger partial charge in [0.05, 0.1) is 0 Å². The van der Waals surface area contributed by atoms with Crippen molar-refractivity contribution in [2.75, 3.05) is 0 Å². The largest absolute Gasteiger partial charge is 0.298 e. The summed E-state index contributed by atoms with van der Waals surface area (Å²) >= 11 is 0. The highest BCUT2D eigenvalue weighted by Gasteiger charge is 2.31. The monoisotopic (exact) mass is 210 g/mol. The van der Waals surface area contributed by atoms with Crippen LogP contribution in [-0.2, 0) is 4.79 Å². The fourth-order valence-electron chi connectivity index (χ4n) is 2.88. The number of carbonyl (C=O) groups is 1. The van der Waals surface area contributed by atoms with Crippen molar-refractivity contribution in [3.63, 3.8) is 0 Å². The summed E-state index contributed by atoms with van der Waals surface area (Å²) in [5.41, 5.74) is 3.47. The first kappa shape index (κ1) is 9.59. The minimum atomic E-state index is 0.359. The van der Waals surface area contributed by atoms with Gasteiger partial charge in [0.25, 0.3) is 0 Å². The Morgan fingerprint density at radius 2 is 1.69 bits per heavy atom. The van der Waals surface area contributed by atoms with Crippen LogP contribution >= 0.6 is 0 Å². The maximum atomic E-state index is 11.2. The zero-order valence-corrected chi connectivity index (χ0v) is 9.10. The lowest BCUT2D eigenvalue weighted by Gasteiger charge is -2.34. The second-order valence-corrected chi connectivity index (χ2v) is 4.53. The SMILES string of the molecule is O=CC1=C(c2ccccc2)C2C=CC1CC2. The van der Waals surface area contributed by atoms with Crippen LogP contribution in [0.5, 0.6) is 0 Å². The maximum absolute atomic E-state index is 11.2. The summed E-state index contributed by atoms with van der Waals surface area (Å²) in [6, 6.07) is 10.3. The van der Waals surface area contributed by atoms with E-state index in [1.807, 2.05) is 18.2 Å². The van der Waals surface area contributed by atoms with Gasteiger partial charge < -0.3 is 0 Å². The first-order valence-electron chi connectivity index (χ1n) is 5.83. The van der Waals surface area contributed by atoms with Gasteiger partial charge in [-0.1, -0.05) is 42.5 Å². The molecule has 3 aliphatic rings. The lowest BCUT2D eigenvalue weighted by Crippen LogP contribution is -2.22. The van der Waals surface area contributed by atoms with Gasteiger partial charge in [-0.3, -0.25) is 4.79 Å². The third-order valence-electron chi connectivity index (χ3n) is 3.66. The third-order valence-corrected chi connectivity index (χ3v) is 3.66. The molecule has 0 N–H and O–H groups in total. The standard InChI is InChI=1S/C15H14O/c16-10-14-11-6-8-13(9-7-11)15(14)12-4-2-1-3-5-12/h1-6,8,10-11,13H,7,9H2. The molecule has 0 amide bonds. The highest BCUT2D eigenvalue weighted by atomic mass is 16.1. The molecule has 0 radical (unpaired) electrons. The summed E-state index contributed by atoms with van der Waals surface area (Å²) in [6.45, 7) is 0. The number of benzene rings is 1. The first-order valence-corrected chi connectivity index (χ1v) is 5.83. The van der Waals surface area contributed by atoms with Crippen LogP contribution in [0.2, 0.25) is 0 Å². The Morgan fingerprint density at radius 1 is 1.00 bits per heavy atom. The van der Waals surface area contributed by atoms with Crippen LogP contribution in [0.1, 0.15) is 18.4 Å². The van der Waals surface area contributed by atoms with Crippen LogP contribution in [0.3, 0.4) is 0 Å². The van der Waals surface area contributed by atoms with Crippen molar-refractivity contribution in [3.05, 3.63) is 53.6 Å². The second-order valence-electron chi connectivity index (χ2n) is 4.53. The van der Waals surface area contributed by atoms with Crippen molar-refractivity contribution in [1.29, 1.82) is 0 Å². The number of rotatable bonds is 2. The van der Waals surface area contributed by atoms with E-state index in [1.54, 1.807) is 0 Å². The first-order chi connectivity index (χ1) is 7.90. The van der Waals surface area contributed by atoms with Gasteiger partial charge in [0.2, 0.25) is 0 Å². The normalized spacial score (nSPS) is 27.2. The Bertz CT molecular complexity index is 467. The molecule has 0 saturated heterocycles. The van der Waals surface area contributed by atoms with Crippen molar-refractivity contribution in [2.24, 2.45) is 11.8 Å². The number of aldehydes is 1. The van der Waals surface area contributed by atoms with E-state index < -0.39 is 0 Å². The third kappa shape index (κ3) is 1.35. The molecule has 1 aromatic carbocycles. The Morgan fingerprint density at radius 3 is 2.31 bits per heavy atom. The van der Waals surface area contributed by atoms with E-state index in [0.29, 0.717) is 11.8 Å². The molecular formula is C15H14O. The molecule has 2 bridgehead atoms. The number of fused-ring (bicyclic) bond motifs is 1. The molecule has 0 aliphatic heterocycles. The van der Waals surface area contributed by atoms with Crippen molar-refractivity contribution in [1.82, 2.24) is 0 Å². The molecule has 4 rings (SSSR count). The molecule has 3 aliphatic carbocycles. The van der Waals surface area contributed by atoms with Crippen LogP contribution < -0.4 is 0 Å². The fourth-order valence-corrected chi connectivity index (χ4v) is 2.88. The van der Waals surface area contributed by atoms with E-state index in [2.05, 4.69) is 24.3 Å². The summed E-state index contributed by atoms with van der Waals surface area (Å²) < 4.78 is 0. The van der Waals surface area contributed by atoms with Gasteiger partial charge in [-0.2, -0.15) is 0 Å². The Kier molecular flexibility index (Phi) is 2.24. The summed E-state index contributed by atoms with van der Waals surface area (Å²) in [7, 11) is 0. The number of hydrogen-bond acceptors (Lipinski definition) is 1. The van der Waals surface area contributed by atoms with E-state index >= 15 is 0 Å². The summed E-state index contributed by atoms with van der Waals surface area (Å²) in [6.07, 6.45) is 7.84. The molecule has 1 nitrogen and oxygen atoms in total. The van der Waals surface area contributed by atoms with Crippen LogP contribution in [0.25, 0.3) is 5.57 Å². The zero-order valence-electron chi connectivity index (χ0n) is 9.10. The summed E-state index contributed by atoms with van der Waals surface area (Å²) in [5, 5.41) is 0. The smallest absolute Gasteiger partial charge is 0.146 e. The fraction of sp³-hybridized carbons (Fsp3) is 0.267. The van der Waals surface area contributed by atoms with Crippen molar-refractivity contribution in [3.8, 4) is 0 Å².